The van der Waals surface area contributed by atoms with Crippen LogP contribution in [0.15, 0.2) is 22.6 Å². The molecule has 4 nitrogen and oxygen atoms in total. The highest BCUT2D eigenvalue weighted by atomic mass is 35.5. The van der Waals surface area contributed by atoms with E-state index in [0.717, 1.165) is 11.9 Å². The molecule has 1 heterocycles. The molecule has 7 heteroatoms. The summed E-state index contributed by atoms with van der Waals surface area (Å²) in [5.41, 5.74) is 3.45. The molecule has 2 rings (SSSR count). The molecule has 2 aromatic rings. The summed E-state index contributed by atoms with van der Waals surface area (Å²) in [6.45, 7) is 1.86. The van der Waals surface area contributed by atoms with Crippen LogP contribution in [-0.4, -0.2) is 16.3 Å². The molecule has 0 saturated carbocycles. The maximum Gasteiger partial charge on any atom is 0.203 e. The van der Waals surface area contributed by atoms with E-state index in [-0.39, 0.29) is 16.3 Å². The second-order valence-corrected chi connectivity index (χ2v) is 4.72. The first-order chi connectivity index (χ1) is 8.58. The van der Waals surface area contributed by atoms with Crippen LogP contribution >= 0.6 is 22.9 Å². The third-order valence-corrected chi connectivity index (χ3v) is 3.24. The molecule has 0 radical (unpaired) electrons. The van der Waals surface area contributed by atoms with Gasteiger partial charge in [0.2, 0.25) is 5.13 Å². The fraction of sp³-hybridized carbons (Fsp3) is 0.0909. The number of nitrogens with one attached hydrogen (secondary N) is 1. The minimum absolute atomic E-state index is 0.0664. The maximum absolute atomic E-state index is 13.6. The van der Waals surface area contributed by atoms with Gasteiger partial charge in [0.1, 0.15) is 5.75 Å². The average Bonchev–Trinajstić information content (AvgIpc) is 2.74. The third kappa shape index (κ3) is 2.77. The topological polar surface area (TPSA) is 57.5 Å². The Kier molecular flexibility index (Phi) is 3.78. The molecule has 0 aliphatic rings. The van der Waals surface area contributed by atoms with Crippen molar-refractivity contribution in [1.82, 2.24) is 4.98 Å². The lowest BCUT2D eigenvalue weighted by molar-refractivity contribution is 0.468. The Bertz CT molecular complexity index is 600. The van der Waals surface area contributed by atoms with Crippen LogP contribution in [0.25, 0.3) is 0 Å². The van der Waals surface area contributed by atoms with E-state index in [4.69, 9.17) is 11.6 Å². The van der Waals surface area contributed by atoms with Gasteiger partial charge in [-0.1, -0.05) is 11.6 Å². The molecule has 0 amide bonds. The van der Waals surface area contributed by atoms with E-state index < -0.39 is 5.82 Å². The lowest BCUT2D eigenvalue weighted by atomic mass is 10.2. The van der Waals surface area contributed by atoms with Crippen LogP contribution in [0.1, 0.15) is 11.3 Å². The number of thiazole rings is 1. The van der Waals surface area contributed by atoms with E-state index in [1.54, 1.807) is 0 Å². The highest BCUT2D eigenvalue weighted by Crippen LogP contribution is 2.24. The number of anilines is 1. The largest absolute Gasteiger partial charge is 0.507 e. The molecule has 2 N–H and O–H groups in total. The first-order valence-electron chi connectivity index (χ1n) is 4.96. The Morgan fingerprint density at radius 2 is 2.33 bits per heavy atom. The Hall–Kier alpha value is -1.66. The lowest BCUT2D eigenvalue weighted by Crippen LogP contribution is -1.94. The van der Waals surface area contributed by atoms with Crippen molar-refractivity contribution >= 4 is 34.3 Å². The number of hydrogen-bond acceptors (Lipinski definition) is 5. The van der Waals surface area contributed by atoms with E-state index in [9.17, 15) is 9.50 Å². The third-order valence-electron chi connectivity index (χ3n) is 2.08. The van der Waals surface area contributed by atoms with E-state index in [1.165, 1.54) is 23.5 Å². The first kappa shape index (κ1) is 12.8. The van der Waals surface area contributed by atoms with Gasteiger partial charge in [0.05, 0.1) is 22.5 Å². The van der Waals surface area contributed by atoms with Gasteiger partial charge in [-0.15, -0.1) is 11.3 Å². The van der Waals surface area contributed by atoms with Crippen LogP contribution < -0.4 is 5.43 Å². The molecule has 0 spiro atoms. The molecule has 0 fully saturated rings. The van der Waals surface area contributed by atoms with Gasteiger partial charge in [-0.2, -0.15) is 5.10 Å². The van der Waals surface area contributed by atoms with E-state index in [2.05, 4.69) is 15.5 Å². The van der Waals surface area contributed by atoms with Crippen LogP contribution in [0.4, 0.5) is 9.52 Å². The van der Waals surface area contributed by atoms with Crippen molar-refractivity contribution in [2.75, 3.05) is 5.43 Å². The Morgan fingerprint density at radius 3 is 3.00 bits per heavy atom. The molecular formula is C11H9ClFN3OS. The van der Waals surface area contributed by atoms with Gasteiger partial charge in [0.15, 0.2) is 5.82 Å². The summed E-state index contributed by atoms with van der Waals surface area (Å²) in [6.07, 6.45) is 1.16. The van der Waals surface area contributed by atoms with Gasteiger partial charge >= 0.3 is 0 Å². The molecular weight excluding hydrogens is 277 g/mol. The molecule has 1 aromatic carbocycles. The fourth-order valence-corrected chi connectivity index (χ4v) is 2.04. The van der Waals surface area contributed by atoms with Crippen molar-refractivity contribution in [2.24, 2.45) is 5.10 Å². The summed E-state index contributed by atoms with van der Waals surface area (Å²) >= 11 is 6.98. The number of hydrazone groups is 1. The summed E-state index contributed by atoms with van der Waals surface area (Å²) in [6, 6.07) is 2.58. The molecule has 18 heavy (non-hydrogen) atoms. The predicted molar refractivity (Wildman–Crippen MR) is 71.1 cm³/mol. The van der Waals surface area contributed by atoms with E-state index >= 15 is 0 Å². The quantitative estimate of drug-likeness (QED) is 0.671. The molecule has 0 aliphatic heterocycles. The Morgan fingerprint density at radius 1 is 1.56 bits per heavy atom. The lowest BCUT2D eigenvalue weighted by Gasteiger charge is -2.01. The number of phenolic OH excluding ortho intramolecular Hbond substituents is 1. The van der Waals surface area contributed by atoms with Gasteiger partial charge in [-0.3, -0.25) is 5.43 Å². The van der Waals surface area contributed by atoms with Gasteiger partial charge in [-0.05, 0) is 19.1 Å². The number of aromatic nitrogens is 1. The molecule has 94 valence electrons. The van der Waals surface area contributed by atoms with Crippen LogP contribution in [0, 0.1) is 12.7 Å². The predicted octanol–water partition coefficient (Wildman–Crippen LogP) is 3.40. The van der Waals surface area contributed by atoms with E-state index in [0.29, 0.717) is 5.13 Å². The number of nitrogens with zero attached hydrogens (tertiary/aromatic N) is 2. The highest BCUT2D eigenvalue weighted by Gasteiger charge is 2.09. The van der Waals surface area contributed by atoms with Crippen molar-refractivity contribution in [3.05, 3.63) is 39.6 Å². The minimum Gasteiger partial charge on any atom is -0.507 e. The van der Waals surface area contributed by atoms with Crippen LogP contribution in [0.5, 0.6) is 5.75 Å². The Labute approximate surface area is 112 Å². The zero-order valence-electron chi connectivity index (χ0n) is 9.32. The van der Waals surface area contributed by atoms with Crippen LogP contribution in [-0.2, 0) is 0 Å². The molecule has 0 atom stereocenters. The number of hydrogen-bond donors (Lipinski definition) is 2. The average molecular weight is 286 g/mol. The molecule has 1 aromatic heterocycles. The van der Waals surface area contributed by atoms with Crippen molar-refractivity contribution < 1.29 is 9.50 Å². The van der Waals surface area contributed by atoms with Crippen molar-refractivity contribution in [3.63, 3.8) is 0 Å². The number of aromatic hydroxyl groups is 1. The molecule has 0 unspecified atom stereocenters. The number of aryl methyl sites for hydroxylation is 1. The zero-order chi connectivity index (χ0) is 13.1. The van der Waals surface area contributed by atoms with Crippen molar-refractivity contribution in [1.29, 1.82) is 0 Å². The SMILES string of the molecule is Cc1csc(NN=Cc2c(O)ccc(Cl)c2F)n1. The molecule has 0 aliphatic carbocycles. The fourth-order valence-electron chi connectivity index (χ4n) is 1.24. The van der Waals surface area contributed by atoms with Gasteiger partial charge in [0.25, 0.3) is 0 Å². The molecule has 0 bridgehead atoms. The van der Waals surface area contributed by atoms with E-state index in [1.807, 2.05) is 12.3 Å². The van der Waals surface area contributed by atoms with Gasteiger partial charge < -0.3 is 5.11 Å². The summed E-state index contributed by atoms with van der Waals surface area (Å²) < 4.78 is 13.6. The number of phenols is 1. The van der Waals surface area contributed by atoms with Crippen LogP contribution in [0.2, 0.25) is 5.02 Å². The van der Waals surface area contributed by atoms with Crippen molar-refractivity contribution in [3.8, 4) is 5.75 Å². The number of rotatable bonds is 3. The summed E-state index contributed by atoms with van der Waals surface area (Å²) in [5.74, 6) is -0.935. The van der Waals surface area contributed by atoms with Crippen LogP contribution in [0.3, 0.4) is 0 Å². The summed E-state index contributed by atoms with van der Waals surface area (Å²) in [7, 11) is 0. The second kappa shape index (κ2) is 5.32. The summed E-state index contributed by atoms with van der Waals surface area (Å²) in [5, 5.41) is 15.7. The number of halogens is 2. The minimum atomic E-state index is -0.711. The second-order valence-electron chi connectivity index (χ2n) is 3.46. The number of benzene rings is 1. The van der Waals surface area contributed by atoms with Gasteiger partial charge in [0, 0.05) is 5.38 Å². The van der Waals surface area contributed by atoms with Crippen molar-refractivity contribution in [2.45, 2.75) is 6.92 Å². The first-order valence-corrected chi connectivity index (χ1v) is 6.22. The smallest absolute Gasteiger partial charge is 0.203 e. The standard InChI is InChI=1S/C11H9ClFN3OS/c1-6-5-18-11(15-6)16-14-4-7-9(17)3-2-8(12)10(7)13/h2-5,17H,1H3,(H,15,16). The normalized spacial score (nSPS) is 11.1. The monoisotopic (exact) mass is 285 g/mol. The maximum atomic E-state index is 13.6. The van der Waals surface area contributed by atoms with Gasteiger partial charge in [-0.25, -0.2) is 9.37 Å². The highest BCUT2D eigenvalue weighted by molar-refractivity contribution is 7.13. The molecule has 0 saturated heterocycles. The Balaban J connectivity index is 2.16. The summed E-state index contributed by atoms with van der Waals surface area (Å²) in [4.78, 5) is 4.12. The zero-order valence-corrected chi connectivity index (χ0v) is 10.9.